The molecule has 0 aliphatic carbocycles. The molecule has 0 aliphatic heterocycles. The van der Waals surface area contributed by atoms with Crippen molar-refractivity contribution in [1.82, 2.24) is 14.6 Å². The van der Waals surface area contributed by atoms with Crippen molar-refractivity contribution in [3.63, 3.8) is 0 Å². The molecule has 2 N–H and O–H groups in total. The van der Waals surface area contributed by atoms with E-state index in [1.807, 2.05) is 13.8 Å². The normalized spacial score (nSPS) is 11.5. The summed E-state index contributed by atoms with van der Waals surface area (Å²) in [4.78, 5) is 4.51. The van der Waals surface area contributed by atoms with Crippen molar-refractivity contribution >= 4 is 11.3 Å². The van der Waals surface area contributed by atoms with Crippen molar-refractivity contribution in [2.45, 2.75) is 26.7 Å². The number of rotatable bonds is 2. The average Bonchev–Trinajstić information content (AvgIpc) is 2.72. The Balaban J connectivity index is 2.36. The van der Waals surface area contributed by atoms with E-state index in [4.69, 9.17) is 5.73 Å². The third-order valence-corrected chi connectivity index (χ3v) is 3.61. The van der Waals surface area contributed by atoms with Crippen molar-refractivity contribution in [1.29, 1.82) is 0 Å². The van der Waals surface area contributed by atoms with E-state index in [-0.39, 0.29) is 5.92 Å². The molecule has 3 aromatic rings. The van der Waals surface area contributed by atoms with Gasteiger partial charge in [0.05, 0.1) is 23.3 Å². The molecule has 0 saturated carbocycles. The highest BCUT2D eigenvalue weighted by Crippen LogP contribution is 2.31. The molecule has 0 amide bonds. The molecular weight excluding hydrogens is 286 g/mol. The van der Waals surface area contributed by atoms with Gasteiger partial charge in [0.25, 0.3) is 0 Å². The van der Waals surface area contributed by atoms with Gasteiger partial charge in [0.15, 0.2) is 5.65 Å². The number of nitrogen functional groups attached to an aromatic ring is 1. The van der Waals surface area contributed by atoms with E-state index in [2.05, 4.69) is 10.1 Å². The van der Waals surface area contributed by atoms with Crippen LogP contribution < -0.4 is 5.73 Å². The van der Waals surface area contributed by atoms with Gasteiger partial charge in [0.1, 0.15) is 11.6 Å². The summed E-state index contributed by atoms with van der Waals surface area (Å²) in [6.45, 7) is 5.81. The van der Waals surface area contributed by atoms with Crippen LogP contribution in [0.3, 0.4) is 0 Å². The van der Waals surface area contributed by atoms with Crippen molar-refractivity contribution in [2.75, 3.05) is 5.73 Å². The van der Waals surface area contributed by atoms with E-state index in [0.29, 0.717) is 28.3 Å². The Kier molecular flexibility index (Phi) is 3.31. The first kappa shape index (κ1) is 14.4. The first-order chi connectivity index (χ1) is 10.4. The number of fused-ring (bicyclic) bond motifs is 1. The summed E-state index contributed by atoms with van der Waals surface area (Å²) >= 11 is 0. The summed E-state index contributed by atoms with van der Waals surface area (Å²) in [5, 5.41) is 4.26. The molecule has 1 aromatic carbocycles. The molecular formula is C16H16F2N4. The highest BCUT2D eigenvalue weighted by Gasteiger charge is 2.19. The summed E-state index contributed by atoms with van der Waals surface area (Å²) in [7, 11) is 0. The minimum absolute atomic E-state index is 0.157. The largest absolute Gasteiger partial charge is 0.397 e. The molecule has 0 unspecified atom stereocenters. The van der Waals surface area contributed by atoms with Gasteiger partial charge in [0.2, 0.25) is 0 Å². The number of nitrogens with two attached hydrogens (primary N) is 1. The van der Waals surface area contributed by atoms with Gasteiger partial charge < -0.3 is 5.73 Å². The lowest BCUT2D eigenvalue weighted by molar-refractivity contribution is 0.584. The number of aromatic nitrogens is 3. The van der Waals surface area contributed by atoms with Crippen molar-refractivity contribution < 1.29 is 8.78 Å². The Morgan fingerprint density at radius 3 is 2.36 bits per heavy atom. The molecule has 0 spiro atoms. The molecule has 2 heterocycles. The number of nitrogens with zero attached hydrogens (tertiary/aromatic N) is 3. The quantitative estimate of drug-likeness (QED) is 0.785. The number of aryl methyl sites for hydroxylation is 1. The number of halogens is 2. The van der Waals surface area contributed by atoms with E-state index in [1.165, 1.54) is 12.1 Å². The van der Waals surface area contributed by atoms with Crippen molar-refractivity contribution in [2.24, 2.45) is 0 Å². The molecule has 0 fully saturated rings. The van der Waals surface area contributed by atoms with Crippen LogP contribution >= 0.6 is 0 Å². The van der Waals surface area contributed by atoms with E-state index < -0.39 is 11.6 Å². The lowest BCUT2D eigenvalue weighted by Crippen LogP contribution is -2.04. The fraction of sp³-hybridized carbons (Fsp3) is 0.250. The topological polar surface area (TPSA) is 56.2 Å². The fourth-order valence-corrected chi connectivity index (χ4v) is 2.74. The SMILES string of the molecule is Cc1nc2c(C(C)C)c(N)cnn2c1-c1cc(F)cc(F)c1. The molecule has 0 saturated heterocycles. The Bertz CT molecular complexity index is 848. The standard InChI is InChI=1S/C16H16F2N4/c1-8(2)14-13(19)7-20-22-15(9(3)21-16(14)22)10-4-11(17)6-12(18)5-10/h4-8H,19H2,1-3H3. The van der Waals surface area contributed by atoms with Crippen LogP contribution in [0.25, 0.3) is 16.9 Å². The first-order valence-electron chi connectivity index (χ1n) is 6.98. The minimum Gasteiger partial charge on any atom is -0.397 e. The van der Waals surface area contributed by atoms with Crippen LogP contribution in [0, 0.1) is 18.6 Å². The third-order valence-electron chi connectivity index (χ3n) is 3.61. The second kappa shape index (κ2) is 5.05. The zero-order valence-corrected chi connectivity index (χ0v) is 12.6. The maximum atomic E-state index is 13.5. The molecule has 4 nitrogen and oxygen atoms in total. The molecule has 6 heteroatoms. The highest BCUT2D eigenvalue weighted by molar-refractivity contribution is 5.71. The summed E-state index contributed by atoms with van der Waals surface area (Å²) in [6.07, 6.45) is 1.54. The summed E-state index contributed by atoms with van der Waals surface area (Å²) in [5.74, 6) is -1.11. The zero-order chi connectivity index (χ0) is 16.0. The highest BCUT2D eigenvalue weighted by atomic mass is 19.1. The van der Waals surface area contributed by atoms with Crippen LogP contribution in [0.2, 0.25) is 0 Å². The number of hydrogen-bond donors (Lipinski definition) is 1. The van der Waals surface area contributed by atoms with Crippen LogP contribution in [0.1, 0.15) is 31.0 Å². The molecule has 2 aromatic heterocycles. The van der Waals surface area contributed by atoms with Crippen LogP contribution in [-0.4, -0.2) is 14.6 Å². The van der Waals surface area contributed by atoms with Gasteiger partial charge in [-0.1, -0.05) is 13.8 Å². The van der Waals surface area contributed by atoms with E-state index >= 15 is 0 Å². The Morgan fingerprint density at radius 2 is 1.77 bits per heavy atom. The van der Waals surface area contributed by atoms with E-state index in [1.54, 1.807) is 17.6 Å². The third kappa shape index (κ3) is 2.20. The molecule has 3 rings (SSSR count). The van der Waals surface area contributed by atoms with Crippen LogP contribution in [0.4, 0.5) is 14.5 Å². The summed E-state index contributed by atoms with van der Waals surface area (Å²) < 4.78 is 28.6. The van der Waals surface area contributed by atoms with E-state index in [9.17, 15) is 8.78 Å². The monoisotopic (exact) mass is 302 g/mol. The Hall–Kier alpha value is -2.50. The van der Waals surface area contributed by atoms with Crippen molar-refractivity contribution in [3.8, 4) is 11.3 Å². The van der Waals surface area contributed by atoms with Gasteiger partial charge in [-0.15, -0.1) is 0 Å². The minimum atomic E-state index is -0.635. The van der Waals surface area contributed by atoms with Crippen molar-refractivity contribution in [3.05, 3.63) is 47.3 Å². The summed E-state index contributed by atoms with van der Waals surface area (Å²) in [5.41, 5.74) is 9.66. The number of imidazole rings is 1. The maximum absolute atomic E-state index is 13.5. The predicted molar refractivity (Wildman–Crippen MR) is 81.6 cm³/mol. The van der Waals surface area contributed by atoms with Gasteiger partial charge in [0, 0.05) is 17.2 Å². The zero-order valence-electron chi connectivity index (χ0n) is 12.6. The second-order valence-electron chi connectivity index (χ2n) is 5.61. The second-order valence-corrected chi connectivity index (χ2v) is 5.61. The number of hydrogen-bond acceptors (Lipinski definition) is 3. The van der Waals surface area contributed by atoms with Crippen LogP contribution in [0.15, 0.2) is 24.4 Å². The Labute approximate surface area is 126 Å². The van der Waals surface area contributed by atoms with Gasteiger partial charge in [-0.2, -0.15) is 5.10 Å². The predicted octanol–water partition coefficient (Wildman–Crippen LogP) is 3.69. The molecule has 0 aliphatic rings. The number of benzene rings is 1. The Morgan fingerprint density at radius 1 is 1.14 bits per heavy atom. The lowest BCUT2D eigenvalue weighted by Gasteiger charge is -2.11. The van der Waals surface area contributed by atoms with Gasteiger partial charge in [-0.05, 0) is 25.0 Å². The molecule has 0 radical (unpaired) electrons. The molecule has 0 bridgehead atoms. The maximum Gasteiger partial charge on any atom is 0.160 e. The lowest BCUT2D eigenvalue weighted by atomic mass is 10.0. The van der Waals surface area contributed by atoms with Gasteiger partial charge >= 0.3 is 0 Å². The number of anilines is 1. The summed E-state index contributed by atoms with van der Waals surface area (Å²) in [6, 6.07) is 3.38. The fourth-order valence-electron chi connectivity index (χ4n) is 2.74. The van der Waals surface area contributed by atoms with Crippen LogP contribution in [0.5, 0.6) is 0 Å². The first-order valence-corrected chi connectivity index (χ1v) is 6.98. The smallest absolute Gasteiger partial charge is 0.160 e. The van der Waals surface area contributed by atoms with Gasteiger partial charge in [-0.25, -0.2) is 18.3 Å². The van der Waals surface area contributed by atoms with Crippen LogP contribution in [-0.2, 0) is 0 Å². The molecule has 114 valence electrons. The molecule has 0 atom stereocenters. The van der Waals surface area contributed by atoms with E-state index in [0.717, 1.165) is 11.6 Å². The van der Waals surface area contributed by atoms with Gasteiger partial charge in [-0.3, -0.25) is 0 Å². The average molecular weight is 302 g/mol. The molecule has 22 heavy (non-hydrogen) atoms.